The van der Waals surface area contributed by atoms with Gasteiger partial charge in [0.15, 0.2) is 0 Å². The highest BCUT2D eigenvalue weighted by molar-refractivity contribution is 7.91. The third-order valence-corrected chi connectivity index (χ3v) is 7.03. The molecule has 170 valence electrons. The summed E-state index contributed by atoms with van der Waals surface area (Å²) >= 11 is 5.93. The highest BCUT2D eigenvalue weighted by Gasteiger charge is 2.28. The monoisotopic (exact) mass is 482 g/mol. The Balaban J connectivity index is 1.65. The van der Waals surface area contributed by atoms with Crippen LogP contribution in [-0.4, -0.2) is 27.1 Å². The van der Waals surface area contributed by atoms with Crippen LogP contribution in [-0.2, 0) is 16.3 Å². The normalized spacial score (nSPS) is 11.4. The van der Waals surface area contributed by atoms with Crippen molar-refractivity contribution in [2.45, 2.75) is 23.3 Å². The van der Waals surface area contributed by atoms with Gasteiger partial charge < -0.3 is 14.5 Å². The molecule has 6 nitrogen and oxygen atoms in total. The Bertz CT molecular complexity index is 1350. The molecule has 0 saturated carbocycles. The largest absolute Gasteiger partial charge is 0.497 e. The van der Waals surface area contributed by atoms with E-state index in [-0.39, 0.29) is 21.7 Å². The van der Waals surface area contributed by atoms with Crippen LogP contribution in [0.5, 0.6) is 5.75 Å². The molecule has 4 rings (SSSR count). The predicted octanol–water partition coefficient (Wildman–Crippen LogP) is 5.80. The number of nitrogens with zero attached hydrogens (tertiary/aromatic N) is 1. The summed E-state index contributed by atoms with van der Waals surface area (Å²) in [7, 11) is -2.31. The SMILES string of the molecule is COc1ccc(CCNc2oc(-c3cccc(C)c3)nc2S(=O)(=O)c2ccc(Cl)cc2)cc1. The maximum atomic E-state index is 13.4. The van der Waals surface area contributed by atoms with Crippen molar-refractivity contribution >= 4 is 27.3 Å². The van der Waals surface area contributed by atoms with Crippen LogP contribution in [0.3, 0.4) is 0 Å². The fourth-order valence-corrected chi connectivity index (χ4v) is 4.74. The second-order valence-corrected chi connectivity index (χ2v) is 9.81. The van der Waals surface area contributed by atoms with E-state index in [0.29, 0.717) is 23.6 Å². The number of oxazole rings is 1. The second kappa shape index (κ2) is 9.68. The van der Waals surface area contributed by atoms with Gasteiger partial charge in [0.2, 0.25) is 26.6 Å². The number of benzene rings is 3. The molecule has 1 aromatic heterocycles. The summed E-state index contributed by atoms with van der Waals surface area (Å²) in [6.45, 7) is 2.41. The zero-order valence-electron chi connectivity index (χ0n) is 18.2. The molecule has 1 N–H and O–H groups in total. The number of anilines is 1. The molecule has 0 amide bonds. The fraction of sp³-hybridized carbons (Fsp3) is 0.160. The molecule has 0 aliphatic heterocycles. The highest BCUT2D eigenvalue weighted by Crippen LogP contribution is 2.33. The van der Waals surface area contributed by atoms with Crippen LogP contribution in [0.25, 0.3) is 11.5 Å². The van der Waals surface area contributed by atoms with Gasteiger partial charge in [-0.05, 0) is 67.4 Å². The number of hydrogen-bond donors (Lipinski definition) is 1. The van der Waals surface area contributed by atoms with Crippen molar-refractivity contribution in [1.29, 1.82) is 0 Å². The predicted molar refractivity (Wildman–Crippen MR) is 129 cm³/mol. The van der Waals surface area contributed by atoms with Gasteiger partial charge in [0, 0.05) is 17.1 Å². The van der Waals surface area contributed by atoms with E-state index in [1.165, 1.54) is 24.3 Å². The van der Waals surface area contributed by atoms with Gasteiger partial charge in [0.05, 0.1) is 12.0 Å². The van der Waals surface area contributed by atoms with E-state index < -0.39 is 9.84 Å². The summed E-state index contributed by atoms with van der Waals surface area (Å²) in [6, 6.07) is 21.2. The number of halogens is 1. The van der Waals surface area contributed by atoms with E-state index >= 15 is 0 Å². The molecule has 0 unspecified atom stereocenters. The van der Waals surface area contributed by atoms with Crippen LogP contribution in [0.2, 0.25) is 5.02 Å². The van der Waals surface area contributed by atoms with Crippen molar-refractivity contribution in [2.24, 2.45) is 0 Å². The molecule has 0 spiro atoms. The van der Waals surface area contributed by atoms with E-state index in [1.807, 2.05) is 55.5 Å². The summed E-state index contributed by atoms with van der Waals surface area (Å²) in [5.41, 5.74) is 2.79. The Morgan fingerprint density at radius 2 is 1.76 bits per heavy atom. The zero-order chi connectivity index (χ0) is 23.4. The highest BCUT2D eigenvalue weighted by atomic mass is 35.5. The van der Waals surface area contributed by atoms with E-state index in [0.717, 1.165) is 16.9 Å². The molecule has 0 aliphatic rings. The van der Waals surface area contributed by atoms with Crippen molar-refractivity contribution in [2.75, 3.05) is 19.0 Å². The Morgan fingerprint density at radius 3 is 2.42 bits per heavy atom. The lowest BCUT2D eigenvalue weighted by Gasteiger charge is -2.07. The minimum atomic E-state index is -3.93. The maximum absolute atomic E-state index is 13.4. The number of rotatable bonds is 8. The van der Waals surface area contributed by atoms with Crippen molar-refractivity contribution in [1.82, 2.24) is 4.98 Å². The molecule has 0 saturated heterocycles. The molecular weight excluding hydrogens is 460 g/mol. The third kappa shape index (κ3) is 5.21. The standard InChI is InChI=1S/C25H23ClN2O4S/c1-17-4-3-5-19(16-17)23-28-25(33(29,30)22-12-8-20(26)9-13-22)24(32-23)27-15-14-18-6-10-21(31-2)11-7-18/h3-13,16,27H,14-15H2,1-2H3. The van der Waals surface area contributed by atoms with E-state index in [2.05, 4.69) is 10.3 Å². The fourth-order valence-electron chi connectivity index (χ4n) is 3.34. The van der Waals surface area contributed by atoms with Crippen LogP contribution < -0.4 is 10.1 Å². The van der Waals surface area contributed by atoms with Crippen molar-refractivity contribution < 1.29 is 17.6 Å². The van der Waals surface area contributed by atoms with Crippen LogP contribution in [0.4, 0.5) is 5.88 Å². The van der Waals surface area contributed by atoms with Crippen molar-refractivity contribution in [3.05, 3.63) is 88.9 Å². The molecule has 1 heterocycles. The van der Waals surface area contributed by atoms with Crippen molar-refractivity contribution in [3.63, 3.8) is 0 Å². The first-order valence-corrected chi connectivity index (χ1v) is 12.2. The summed E-state index contributed by atoms with van der Waals surface area (Å²) in [4.78, 5) is 4.47. The van der Waals surface area contributed by atoms with Gasteiger partial charge in [-0.1, -0.05) is 41.4 Å². The number of sulfone groups is 1. The van der Waals surface area contributed by atoms with Gasteiger partial charge in [-0.15, -0.1) is 0 Å². The quantitative estimate of drug-likeness (QED) is 0.342. The number of aromatic nitrogens is 1. The molecule has 0 radical (unpaired) electrons. The van der Waals surface area contributed by atoms with E-state index in [9.17, 15) is 8.42 Å². The van der Waals surface area contributed by atoms with Gasteiger partial charge in [0.1, 0.15) is 5.75 Å². The molecule has 33 heavy (non-hydrogen) atoms. The topological polar surface area (TPSA) is 81.4 Å². The molecule has 0 atom stereocenters. The van der Waals surface area contributed by atoms with Gasteiger partial charge in [-0.2, -0.15) is 4.98 Å². The lowest BCUT2D eigenvalue weighted by Crippen LogP contribution is -2.09. The Hall–Kier alpha value is -3.29. The van der Waals surface area contributed by atoms with E-state index in [1.54, 1.807) is 7.11 Å². The first-order chi connectivity index (χ1) is 15.9. The summed E-state index contributed by atoms with van der Waals surface area (Å²) in [6.07, 6.45) is 0.658. The minimum absolute atomic E-state index is 0.0918. The molecule has 0 fully saturated rings. The lowest BCUT2D eigenvalue weighted by atomic mass is 10.1. The summed E-state index contributed by atoms with van der Waals surface area (Å²) in [5, 5.41) is 3.41. The first-order valence-electron chi connectivity index (χ1n) is 10.3. The molecule has 8 heteroatoms. The molecule has 3 aromatic carbocycles. The molecule has 4 aromatic rings. The number of methoxy groups -OCH3 is 1. The molecule has 0 bridgehead atoms. The Labute approximate surface area is 198 Å². The van der Waals surface area contributed by atoms with Crippen LogP contribution in [0, 0.1) is 6.92 Å². The van der Waals surface area contributed by atoms with Gasteiger partial charge in [-0.3, -0.25) is 0 Å². The first kappa shape index (κ1) is 22.9. The molecular formula is C25H23ClN2O4S. The average molecular weight is 483 g/mol. The number of aryl methyl sites for hydroxylation is 1. The molecule has 0 aliphatic carbocycles. The Morgan fingerprint density at radius 1 is 1.03 bits per heavy atom. The van der Waals surface area contributed by atoms with Gasteiger partial charge in [-0.25, -0.2) is 8.42 Å². The average Bonchev–Trinajstić information content (AvgIpc) is 3.25. The lowest BCUT2D eigenvalue weighted by molar-refractivity contribution is 0.414. The smallest absolute Gasteiger partial charge is 0.233 e. The third-order valence-electron chi connectivity index (χ3n) is 5.10. The summed E-state index contributed by atoms with van der Waals surface area (Å²) in [5.74, 6) is 1.12. The Kier molecular flexibility index (Phi) is 6.72. The number of hydrogen-bond acceptors (Lipinski definition) is 6. The second-order valence-electron chi connectivity index (χ2n) is 7.50. The van der Waals surface area contributed by atoms with Gasteiger partial charge >= 0.3 is 0 Å². The van der Waals surface area contributed by atoms with Crippen LogP contribution >= 0.6 is 11.6 Å². The number of nitrogens with one attached hydrogen (secondary N) is 1. The zero-order valence-corrected chi connectivity index (χ0v) is 19.8. The van der Waals surface area contributed by atoms with Gasteiger partial charge in [0.25, 0.3) is 0 Å². The van der Waals surface area contributed by atoms with Crippen LogP contribution in [0.1, 0.15) is 11.1 Å². The van der Waals surface area contributed by atoms with Crippen LogP contribution in [0.15, 0.2) is 87.1 Å². The minimum Gasteiger partial charge on any atom is -0.497 e. The number of ether oxygens (including phenoxy) is 1. The maximum Gasteiger partial charge on any atom is 0.233 e. The summed E-state index contributed by atoms with van der Waals surface area (Å²) < 4.78 is 37.8. The van der Waals surface area contributed by atoms with Crippen molar-refractivity contribution in [3.8, 4) is 17.2 Å². The van der Waals surface area contributed by atoms with E-state index in [4.69, 9.17) is 20.8 Å².